The molecular weight excluding hydrogens is 366 g/mol. The SMILES string of the molecule is Cc1cccc(COc2cccc(C=Nn3c(=O)[nH]c4ccccc4c3=O)c2)c1. The van der Waals surface area contributed by atoms with Gasteiger partial charge in [0.05, 0.1) is 17.1 Å². The third kappa shape index (κ3) is 4.16. The summed E-state index contributed by atoms with van der Waals surface area (Å²) in [4.78, 5) is 27.4. The number of para-hydroxylation sites is 1. The first-order valence-corrected chi connectivity index (χ1v) is 9.17. The molecule has 29 heavy (non-hydrogen) atoms. The van der Waals surface area contributed by atoms with Crippen molar-refractivity contribution in [1.29, 1.82) is 0 Å². The predicted molar refractivity (Wildman–Crippen MR) is 114 cm³/mol. The molecule has 0 aliphatic carbocycles. The van der Waals surface area contributed by atoms with Crippen molar-refractivity contribution in [2.45, 2.75) is 13.5 Å². The maximum absolute atomic E-state index is 12.5. The Morgan fingerprint density at radius 1 is 1.00 bits per heavy atom. The largest absolute Gasteiger partial charge is 0.489 e. The highest BCUT2D eigenvalue weighted by atomic mass is 16.5. The van der Waals surface area contributed by atoms with E-state index in [1.54, 1.807) is 30.3 Å². The first-order valence-electron chi connectivity index (χ1n) is 9.17. The van der Waals surface area contributed by atoms with Crippen LogP contribution in [0, 0.1) is 6.92 Å². The molecule has 0 aliphatic rings. The zero-order chi connectivity index (χ0) is 20.2. The number of aromatic nitrogens is 2. The van der Waals surface area contributed by atoms with Gasteiger partial charge >= 0.3 is 5.69 Å². The van der Waals surface area contributed by atoms with Crippen LogP contribution >= 0.6 is 0 Å². The van der Waals surface area contributed by atoms with Crippen molar-refractivity contribution in [2.24, 2.45) is 5.10 Å². The van der Waals surface area contributed by atoms with E-state index in [0.29, 0.717) is 28.8 Å². The molecule has 1 heterocycles. The first-order chi connectivity index (χ1) is 14.1. The Kier molecular flexibility index (Phi) is 5.07. The highest BCUT2D eigenvalue weighted by molar-refractivity contribution is 5.80. The van der Waals surface area contributed by atoms with Crippen LogP contribution < -0.4 is 16.0 Å². The van der Waals surface area contributed by atoms with E-state index in [9.17, 15) is 9.59 Å². The maximum atomic E-state index is 12.5. The molecule has 0 saturated heterocycles. The molecular formula is C23H19N3O3. The summed E-state index contributed by atoms with van der Waals surface area (Å²) in [5.74, 6) is 0.676. The minimum absolute atomic E-state index is 0.402. The zero-order valence-corrected chi connectivity index (χ0v) is 15.8. The Hall–Kier alpha value is -3.93. The molecule has 6 heteroatoms. The Labute approximate surface area is 166 Å². The van der Waals surface area contributed by atoms with E-state index in [1.807, 2.05) is 43.3 Å². The van der Waals surface area contributed by atoms with Crippen molar-refractivity contribution in [2.75, 3.05) is 0 Å². The summed E-state index contributed by atoms with van der Waals surface area (Å²) in [6.45, 7) is 2.49. The second kappa shape index (κ2) is 7.98. The highest BCUT2D eigenvalue weighted by Crippen LogP contribution is 2.15. The van der Waals surface area contributed by atoms with Gasteiger partial charge < -0.3 is 9.72 Å². The average molecular weight is 385 g/mol. The zero-order valence-electron chi connectivity index (χ0n) is 15.8. The number of nitrogens with zero attached hydrogens (tertiary/aromatic N) is 2. The van der Waals surface area contributed by atoms with Gasteiger partial charge in [0, 0.05) is 0 Å². The molecule has 6 nitrogen and oxygen atoms in total. The topological polar surface area (TPSA) is 76.5 Å². The van der Waals surface area contributed by atoms with Crippen LogP contribution in [0.25, 0.3) is 10.9 Å². The molecule has 0 amide bonds. The fraction of sp³-hybridized carbons (Fsp3) is 0.0870. The minimum atomic E-state index is -0.586. The minimum Gasteiger partial charge on any atom is -0.489 e. The highest BCUT2D eigenvalue weighted by Gasteiger charge is 2.05. The van der Waals surface area contributed by atoms with Crippen molar-refractivity contribution in [3.05, 3.63) is 110 Å². The summed E-state index contributed by atoms with van der Waals surface area (Å²) in [5, 5.41) is 4.48. The first kappa shape index (κ1) is 18.4. The van der Waals surface area contributed by atoms with E-state index >= 15 is 0 Å². The van der Waals surface area contributed by atoms with E-state index in [0.717, 1.165) is 10.2 Å². The van der Waals surface area contributed by atoms with Crippen molar-refractivity contribution in [1.82, 2.24) is 9.66 Å². The number of H-pyrrole nitrogens is 1. The van der Waals surface area contributed by atoms with Crippen LogP contribution in [0.1, 0.15) is 16.7 Å². The Morgan fingerprint density at radius 2 is 1.83 bits per heavy atom. The Bertz CT molecular complexity index is 1320. The van der Waals surface area contributed by atoms with Crippen molar-refractivity contribution < 1.29 is 4.74 Å². The average Bonchev–Trinajstić information content (AvgIpc) is 2.72. The molecule has 144 valence electrons. The van der Waals surface area contributed by atoms with Gasteiger partial charge in [-0.1, -0.05) is 54.1 Å². The van der Waals surface area contributed by atoms with Crippen molar-refractivity contribution in [3.8, 4) is 5.75 Å². The summed E-state index contributed by atoms with van der Waals surface area (Å²) in [5.41, 5.74) is 2.41. The molecule has 4 aromatic rings. The monoisotopic (exact) mass is 385 g/mol. The summed E-state index contributed by atoms with van der Waals surface area (Å²) in [6, 6.07) is 22.3. The second-order valence-electron chi connectivity index (χ2n) is 6.69. The molecule has 0 fully saturated rings. The lowest BCUT2D eigenvalue weighted by Gasteiger charge is -2.07. The normalized spacial score (nSPS) is 11.2. The lowest BCUT2D eigenvalue weighted by Crippen LogP contribution is -2.32. The van der Waals surface area contributed by atoms with Gasteiger partial charge in [0.1, 0.15) is 12.4 Å². The number of hydrogen-bond acceptors (Lipinski definition) is 4. The number of rotatable bonds is 5. The molecule has 1 N–H and O–H groups in total. The van der Waals surface area contributed by atoms with Crippen LogP contribution in [0.2, 0.25) is 0 Å². The van der Waals surface area contributed by atoms with E-state index < -0.39 is 11.2 Å². The number of nitrogens with one attached hydrogen (secondary N) is 1. The molecule has 3 aromatic carbocycles. The lowest BCUT2D eigenvalue weighted by atomic mass is 10.1. The van der Waals surface area contributed by atoms with Crippen LogP contribution in [0.5, 0.6) is 5.75 Å². The fourth-order valence-corrected chi connectivity index (χ4v) is 3.04. The summed E-state index contributed by atoms with van der Waals surface area (Å²) in [7, 11) is 0. The smallest absolute Gasteiger partial charge is 0.349 e. The van der Waals surface area contributed by atoms with Gasteiger partial charge in [-0.25, -0.2) is 4.79 Å². The van der Waals surface area contributed by atoms with Gasteiger partial charge in [-0.3, -0.25) is 4.79 Å². The van der Waals surface area contributed by atoms with E-state index in [-0.39, 0.29) is 0 Å². The molecule has 0 aliphatic heterocycles. The number of hydrogen-bond donors (Lipinski definition) is 1. The van der Waals surface area contributed by atoms with Crippen molar-refractivity contribution in [3.63, 3.8) is 0 Å². The molecule has 0 atom stereocenters. The number of aryl methyl sites for hydroxylation is 1. The standard InChI is InChI=1S/C23H19N3O3/c1-16-6-4-8-18(12-16)15-29-19-9-5-7-17(13-19)14-24-26-22(27)20-10-2-3-11-21(20)25-23(26)28/h2-14H,15H2,1H3,(H,25,28). The van der Waals surface area contributed by atoms with Crippen LogP contribution in [0.3, 0.4) is 0 Å². The number of ether oxygens (including phenoxy) is 1. The van der Waals surface area contributed by atoms with Gasteiger partial charge in [0.2, 0.25) is 0 Å². The Morgan fingerprint density at radius 3 is 2.69 bits per heavy atom. The van der Waals surface area contributed by atoms with Gasteiger partial charge in [0.25, 0.3) is 5.56 Å². The van der Waals surface area contributed by atoms with Gasteiger partial charge in [0.15, 0.2) is 0 Å². The van der Waals surface area contributed by atoms with Gasteiger partial charge in [-0.15, -0.1) is 4.68 Å². The number of benzene rings is 3. The molecule has 0 bridgehead atoms. The van der Waals surface area contributed by atoms with Crippen LogP contribution in [-0.2, 0) is 6.61 Å². The van der Waals surface area contributed by atoms with Crippen LogP contribution in [0.15, 0.2) is 87.5 Å². The molecule has 4 rings (SSSR count). The van der Waals surface area contributed by atoms with Gasteiger partial charge in [-0.05, 0) is 42.3 Å². The molecule has 0 radical (unpaired) electrons. The van der Waals surface area contributed by atoms with Crippen molar-refractivity contribution >= 4 is 17.1 Å². The fourth-order valence-electron chi connectivity index (χ4n) is 3.04. The van der Waals surface area contributed by atoms with Crippen LogP contribution in [-0.4, -0.2) is 15.9 Å². The van der Waals surface area contributed by atoms with E-state index in [2.05, 4.69) is 16.2 Å². The van der Waals surface area contributed by atoms with E-state index in [4.69, 9.17) is 4.74 Å². The summed E-state index contributed by atoms with van der Waals surface area (Å²) < 4.78 is 6.67. The molecule has 0 saturated carbocycles. The maximum Gasteiger partial charge on any atom is 0.349 e. The third-order valence-corrected chi connectivity index (χ3v) is 4.45. The molecule has 0 spiro atoms. The Balaban J connectivity index is 1.57. The number of fused-ring (bicyclic) bond motifs is 1. The molecule has 1 aromatic heterocycles. The quantitative estimate of drug-likeness (QED) is 0.535. The molecule has 0 unspecified atom stereocenters. The van der Waals surface area contributed by atoms with Crippen LogP contribution in [0.4, 0.5) is 0 Å². The number of aromatic amines is 1. The second-order valence-corrected chi connectivity index (χ2v) is 6.69. The van der Waals surface area contributed by atoms with E-state index in [1.165, 1.54) is 11.8 Å². The lowest BCUT2D eigenvalue weighted by molar-refractivity contribution is 0.306. The summed E-state index contributed by atoms with van der Waals surface area (Å²) in [6.07, 6.45) is 1.46. The predicted octanol–water partition coefficient (Wildman–Crippen LogP) is 3.46. The third-order valence-electron chi connectivity index (χ3n) is 4.45. The summed E-state index contributed by atoms with van der Waals surface area (Å²) >= 11 is 0. The van der Waals surface area contributed by atoms with Gasteiger partial charge in [-0.2, -0.15) is 5.10 Å².